The summed E-state index contributed by atoms with van der Waals surface area (Å²) < 4.78 is 0. The van der Waals surface area contributed by atoms with Gasteiger partial charge in [-0.2, -0.15) is 0 Å². The van der Waals surface area contributed by atoms with Crippen LogP contribution in [-0.4, -0.2) is 13.0 Å². The number of rotatable bonds is 2. The van der Waals surface area contributed by atoms with Gasteiger partial charge in [0.25, 0.3) is 0 Å². The SMILES string of the molecule is BC(=C)C1C(C)C1c1cc(O)cc(Cl)c1. The maximum atomic E-state index is 9.47. The second-order valence-corrected chi connectivity index (χ2v) is 4.94. The van der Waals surface area contributed by atoms with Crippen LogP contribution in [0.25, 0.3) is 0 Å². The summed E-state index contributed by atoms with van der Waals surface area (Å²) in [6.07, 6.45) is 0. The van der Waals surface area contributed by atoms with Crippen molar-refractivity contribution in [1.82, 2.24) is 0 Å². The molecule has 1 saturated carbocycles. The Balaban J connectivity index is 2.29. The third-order valence-corrected chi connectivity index (χ3v) is 3.46. The molecule has 0 bridgehead atoms. The van der Waals surface area contributed by atoms with Crippen LogP contribution in [-0.2, 0) is 0 Å². The molecule has 1 nitrogen and oxygen atoms in total. The molecule has 78 valence electrons. The lowest BCUT2D eigenvalue weighted by Gasteiger charge is -2.02. The fraction of sp³-hybridized carbons (Fsp3) is 0.333. The van der Waals surface area contributed by atoms with E-state index in [1.807, 2.05) is 6.07 Å². The van der Waals surface area contributed by atoms with Gasteiger partial charge in [-0.15, -0.1) is 12.1 Å². The summed E-state index contributed by atoms with van der Waals surface area (Å²) in [6.45, 7) is 6.20. The molecular formula is C12H14BClO. The Hall–Kier alpha value is -0.885. The van der Waals surface area contributed by atoms with Gasteiger partial charge in [-0.25, -0.2) is 0 Å². The van der Waals surface area contributed by atoms with Crippen LogP contribution in [0, 0.1) is 11.8 Å². The van der Waals surface area contributed by atoms with E-state index in [0.29, 0.717) is 22.8 Å². The van der Waals surface area contributed by atoms with E-state index in [2.05, 4.69) is 21.3 Å². The molecule has 0 heterocycles. The predicted octanol–water partition coefficient (Wildman–Crippen LogP) is 2.54. The zero-order valence-corrected chi connectivity index (χ0v) is 9.75. The van der Waals surface area contributed by atoms with Crippen molar-refractivity contribution in [2.75, 3.05) is 0 Å². The normalized spacial score (nSPS) is 28.8. The highest BCUT2D eigenvalue weighted by atomic mass is 35.5. The molecule has 0 aromatic heterocycles. The van der Waals surface area contributed by atoms with Gasteiger partial charge >= 0.3 is 0 Å². The molecule has 1 aliphatic carbocycles. The molecule has 3 unspecified atom stereocenters. The first-order valence-electron chi connectivity index (χ1n) is 5.15. The minimum absolute atomic E-state index is 0.247. The number of allylic oxidation sites excluding steroid dienone is 1. The van der Waals surface area contributed by atoms with Gasteiger partial charge in [0.05, 0.1) is 0 Å². The molecule has 3 heteroatoms. The zero-order valence-electron chi connectivity index (χ0n) is 9.00. The fourth-order valence-corrected chi connectivity index (χ4v) is 2.76. The van der Waals surface area contributed by atoms with Crippen LogP contribution in [0.15, 0.2) is 30.3 Å². The van der Waals surface area contributed by atoms with Gasteiger partial charge in [-0.05, 0) is 41.5 Å². The molecule has 1 aromatic rings. The molecule has 1 aromatic carbocycles. The minimum atomic E-state index is 0.247. The molecule has 0 saturated heterocycles. The Labute approximate surface area is 96.2 Å². The predicted molar refractivity (Wildman–Crippen MR) is 66.2 cm³/mol. The summed E-state index contributed by atoms with van der Waals surface area (Å²) in [7, 11) is 2.06. The molecule has 2 rings (SSSR count). The fourth-order valence-electron chi connectivity index (χ4n) is 2.52. The van der Waals surface area contributed by atoms with E-state index in [1.54, 1.807) is 12.1 Å². The number of phenols is 1. The van der Waals surface area contributed by atoms with Crippen LogP contribution in [0.5, 0.6) is 5.75 Å². The molecular weight excluding hydrogens is 206 g/mol. The maximum absolute atomic E-state index is 9.47. The van der Waals surface area contributed by atoms with E-state index < -0.39 is 0 Å². The molecule has 0 radical (unpaired) electrons. The highest BCUT2D eigenvalue weighted by molar-refractivity contribution is 6.30. The standard InChI is InChI=1S/C12H14BClO/c1-6-11(7(2)13)12(6)8-3-9(14)5-10(15)4-8/h3-6,11-12,15H,2,13H2,1H3. The lowest BCUT2D eigenvalue weighted by Crippen LogP contribution is -1.87. The Morgan fingerprint density at radius 1 is 1.47 bits per heavy atom. The molecule has 0 aliphatic heterocycles. The summed E-state index contributed by atoms with van der Waals surface area (Å²) in [4.78, 5) is 0. The molecule has 3 atom stereocenters. The van der Waals surface area contributed by atoms with E-state index in [-0.39, 0.29) is 5.75 Å². The molecule has 1 aliphatic rings. The van der Waals surface area contributed by atoms with Crippen LogP contribution >= 0.6 is 11.6 Å². The van der Waals surface area contributed by atoms with Crippen LogP contribution in [0.2, 0.25) is 5.02 Å². The Kier molecular flexibility index (Phi) is 2.55. The average molecular weight is 221 g/mol. The summed E-state index contributed by atoms with van der Waals surface area (Å²) >= 11 is 5.91. The number of aromatic hydroxyl groups is 1. The average Bonchev–Trinajstić information content (AvgIpc) is 2.75. The number of hydrogen-bond donors (Lipinski definition) is 1. The maximum Gasteiger partial charge on any atom is 0.133 e. The van der Waals surface area contributed by atoms with Gasteiger partial charge in [0.2, 0.25) is 0 Å². The van der Waals surface area contributed by atoms with Crippen molar-refractivity contribution < 1.29 is 5.11 Å². The van der Waals surface area contributed by atoms with Crippen LogP contribution in [0.4, 0.5) is 0 Å². The van der Waals surface area contributed by atoms with Gasteiger partial charge in [0, 0.05) is 5.02 Å². The summed E-state index contributed by atoms with van der Waals surface area (Å²) in [5, 5.41) is 10.1. The van der Waals surface area contributed by atoms with E-state index >= 15 is 0 Å². The first-order valence-corrected chi connectivity index (χ1v) is 5.53. The molecule has 1 N–H and O–H groups in total. The van der Waals surface area contributed by atoms with Gasteiger partial charge in [-0.1, -0.05) is 18.5 Å². The summed E-state index contributed by atoms with van der Waals surface area (Å²) in [6, 6.07) is 5.30. The second kappa shape index (κ2) is 3.60. The van der Waals surface area contributed by atoms with E-state index in [1.165, 1.54) is 5.47 Å². The quantitative estimate of drug-likeness (QED) is 0.760. The third-order valence-electron chi connectivity index (χ3n) is 3.24. The highest BCUT2D eigenvalue weighted by Gasteiger charge is 2.47. The van der Waals surface area contributed by atoms with Gasteiger partial charge in [0.1, 0.15) is 13.6 Å². The smallest absolute Gasteiger partial charge is 0.133 e. The monoisotopic (exact) mass is 220 g/mol. The van der Waals surface area contributed by atoms with Crippen LogP contribution in [0.3, 0.4) is 0 Å². The van der Waals surface area contributed by atoms with Crippen molar-refractivity contribution in [1.29, 1.82) is 0 Å². The van der Waals surface area contributed by atoms with Crippen molar-refractivity contribution in [2.24, 2.45) is 11.8 Å². The second-order valence-electron chi connectivity index (χ2n) is 4.50. The van der Waals surface area contributed by atoms with Crippen LogP contribution < -0.4 is 0 Å². The van der Waals surface area contributed by atoms with E-state index in [9.17, 15) is 5.11 Å². The molecule has 0 spiro atoms. The Morgan fingerprint density at radius 2 is 2.13 bits per heavy atom. The van der Waals surface area contributed by atoms with Crippen molar-refractivity contribution in [3.05, 3.63) is 40.8 Å². The first kappa shape index (κ1) is 10.6. The first-order chi connectivity index (χ1) is 7.00. The topological polar surface area (TPSA) is 20.2 Å². The highest BCUT2D eigenvalue weighted by Crippen LogP contribution is 2.56. The Morgan fingerprint density at radius 3 is 2.60 bits per heavy atom. The minimum Gasteiger partial charge on any atom is -0.508 e. The van der Waals surface area contributed by atoms with Crippen molar-refractivity contribution in [2.45, 2.75) is 12.8 Å². The third kappa shape index (κ3) is 1.91. The molecule has 0 amide bonds. The van der Waals surface area contributed by atoms with Crippen molar-refractivity contribution >= 4 is 19.4 Å². The van der Waals surface area contributed by atoms with E-state index in [0.717, 1.165) is 5.56 Å². The molecule has 15 heavy (non-hydrogen) atoms. The van der Waals surface area contributed by atoms with Crippen LogP contribution in [0.1, 0.15) is 18.4 Å². The number of hydrogen-bond acceptors (Lipinski definition) is 1. The summed E-state index contributed by atoms with van der Waals surface area (Å²) in [5.74, 6) is 1.88. The van der Waals surface area contributed by atoms with E-state index in [4.69, 9.17) is 11.6 Å². The lowest BCUT2D eigenvalue weighted by atomic mass is 9.90. The largest absolute Gasteiger partial charge is 0.508 e. The van der Waals surface area contributed by atoms with Gasteiger partial charge in [0.15, 0.2) is 0 Å². The van der Waals surface area contributed by atoms with Crippen molar-refractivity contribution in [3.8, 4) is 5.75 Å². The Bertz CT molecular complexity index is 396. The van der Waals surface area contributed by atoms with Gasteiger partial charge < -0.3 is 5.11 Å². The number of benzene rings is 1. The lowest BCUT2D eigenvalue weighted by molar-refractivity contribution is 0.474. The number of halogens is 1. The van der Waals surface area contributed by atoms with Gasteiger partial charge in [-0.3, -0.25) is 0 Å². The zero-order chi connectivity index (χ0) is 11.2. The van der Waals surface area contributed by atoms with Crippen molar-refractivity contribution in [3.63, 3.8) is 0 Å². The number of phenolic OH excluding ortho intramolecular Hbond substituents is 1. The molecule has 1 fully saturated rings. The summed E-state index contributed by atoms with van der Waals surface area (Å²) in [5.41, 5.74) is 2.34.